The molecule has 1 amide bonds. The number of rotatable bonds is 5. The lowest BCUT2D eigenvalue weighted by Gasteiger charge is -2.36. The lowest BCUT2D eigenvalue weighted by atomic mass is 10.0. The molecule has 6 nitrogen and oxygen atoms in total. The molecule has 0 aromatic heterocycles. The van der Waals surface area contributed by atoms with Gasteiger partial charge in [0.2, 0.25) is 0 Å². The van der Waals surface area contributed by atoms with Crippen molar-refractivity contribution in [3.05, 3.63) is 41.5 Å². The van der Waals surface area contributed by atoms with Crippen LogP contribution in [0.25, 0.3) is 0 Å². The Kier molecular flexibility index (Phi) is 5.97. The van der Waals surface area contributed by atoms with E-state index in [2.05, 4.69) is 24.1 Å². The van der Waals surface area contributed by atoms with Crippen LogP contribution in [0.2, 0.25) is 0 Å². The van der Waals surface area contributed by atoms with E-state index in [1.807, 2.05) is 12.1 Å². The molecule has 0 radical (unpaired) electrons. The monoisotopic (exact) mass is 383 g/mol. The Morgan fingerprint density at radius 2 is 1.89 bits per heavy atom. The zero-order chi connectivity index (χ0) is 20.3. The quantitative estimate of drug-likeness (QED) is 0.756. The van der Waals surface area contributed by atoms with Gasteiger partial charge >= 0.3 is 0 Å². The maximum Gasteiger partial charge on any atom is 0.255 e. The van der Waals surface area contributed by atoms with Crippen LogP contribution in [0.4, 0.5) is 17.1 Å². The number of benzene rings is 2. The maximum absolute atomic E-state index is 12.8. The fourth-order valence-corrected chi connectivity index (χ4v) is 3.76. The van der Waals surface area contributed by atoms with Crippen LogP contribution in [-0.4, -0.2) is 32.7 Å². The number of nitrogens with two attached hydrogens (primary N) is 1. The summed E-state index contributed by atoms with van der Waals surface area (Å²) in [7, 11) is 3.11. The summed E-state index contributed by atoms with van der Waals surface area (Å²) in [6.45, 7) is 5.33. The Balaban J connectivity index is 1.87. The van der Waals surface area contributed by atoms with Crippen LogP contribution in [-0.2, 0) is 0 Å². The minimum atomic E-state index is -0.242. The molecule has 0 aliphatic carbocycles. The Labute approximate surface area is 166 Å². The summed E-state index contributed by atoms with van der Waals surface area (Å²) in [5.74, 6) is 0.847. The molecule has 0 unspecified atom stereocenters. The molecule has 1 fully saturated rings. The summed E-state index contributed by atoms with van der Waals surface area (Å²) in [5, 5.41) is 2.95. The molecule has 1 heterocycles. The van der Waals surface area contributed by atoms with E-state index in [4.69, 9.17) is 15.2 Å². The van der Waals surface area contributed by atoms with Gasteiger partial charge in [0.15, 0.2) is 11.5 Å². The van der Waals surface area contributed by atoms with Crippen molar-refractivity contribution in [2.24, 2.45) is 0 Å². The van der Waals surface area contributed by atoms with Crippen LogP contribution in [0.3, 0.4) is 0 Å². The summed E-state index contributed by atoms with van der Waals surface area (Å²) in [4.78, 5) is 15.2. The lowest BCUT2D eigenvalue weighted by molar-refractivity contribution is 0.102. The van der Waals surface area contributed by atoms with Crippen LogP contribution in [0, 0.1) is 6.92 Å². The topological polar surface area (TPSA) is 76.8 Å². The Bertz CT molecular complexity index is 866. The largest absolute Gasteiger partial charge is 0.493 e. The van der Waals surface area contributed by atoms with E-state index in [-0.39, 0.29) is 5.91 Å². The first-order valence-corrected chi connectivity index (χ1v) is 9.64. The van der Waals surface area contributed by atoms with Gasteiger partial charge in [0.25, 0.3) is 5.91 Å². The van der Waals surface area contributed by atoms with Crippen molar-refractivity contribution in [1.82, 2.24) is 0 Å². The Hall–Kier alpha value is -2.89. The zero-order valence-electron chi connectivity index (χ0n) is 17.0. The number of nitrogens with zero attached hydrogens (tertiary/aromatic N) is 1. The number of ether oxygens (including phenoxy) is 2. The number of nitrogens with one attached hydrogen (secondary N) is 1. The van der Waals surface area contributed by atoms with Gasteiger partial charge in [-0.2, -0.15) is 0 Å². The zero-order valence-corrected chi connectivity index (χ0v) is 17.0. The molecule has 3 N–H and O–H groups in total. The van der Waals surface area contributed by atoms with E-state index in [0.717, 1.165) is 17.8 Å². The normalized spacial score (nSPS) is 16.6. The van der Waals surface area contributed by atoms with Gasteiger partial charge in [0.05, 0.1) is 25.6 Å². The maximum atomic E-state index is 12.8. The number of methoxy groups -OCH3 is 2. The van der Waals surface area contributed by atoms with Gasteiger partial charge in [-0.1, -0.05) is 0 Å². The molecule has 0 bridgehead atoms. The number of carbonyl (C=O) groups is 1. The second-order valence-electron chi connectivity index (χ2n) is 7.29. The molecular weight excluding hydrogens is 354 g/mol. The molecule has 1 saturated heterocycles. The molecule has 3 rings (SSSR count). The number of nitrogen functional groups attached to an aromatic ring is 1. The highest BCUT2D eigenvalue weighted by atomic mass is 16.5. The number of hydrogen-bond donors (Lipinski definition) is 2. The van der Waals surface area contributed by atoms with E-state index >= 15 is 0 Å². The highest BCUT2D eigenvalue weighted by Crippen LogP contribution is 2.34. The average molecular weight is 383 g/mol. The SMILES string of the molecule is COc1ccc(C(=O)Nc2cc(N3CCCC[C@H]3C)c(C)cc2N)cc1OC. The van der Waals surface area contributed by atoms with E-state index in [9.17, 15) is 4.79 Å². The standard InChI is InChI=1S/C22H29N3O3/c1-14-11-17(23)18(13-19(14)25-10-6-5-7-15(25)2)24-22(26)16-8-9-20(27-3)21(12-16)28-4/h8-9,11-13,15H,5-7,10,23H2,1-4H3,(H,24,26)/t15-/m1/s1. The average Bonchev–Trinajstić information content (AvgIpc) is 2.70. The van der Waals surface area contributed by atoms with Gasteiger partial charge in [-0.15, -0.1) is 0 Å². The molecule has 0 saturated carbocycles. The molecule has 28 heavy (non-hydrogen) atoms. The van der Waals surface area contributed by atoms with E-state index in [0.29, 0.717) is 34.5 Å². The number of piperidine rings is 1. The number of amides is 1. The fourth-order valence-electron chi connectivity index (χ4n) is 3.76. The third-order valence-electron chi connectivity index (χ3n) is 5.37. The van der Waals surface area contributed by atoms with E-state index in [1.54, 1.807) is 32.4 Å². The molecule has 2 aromatic rings. The third-order valence-corrected chi connectivity index (χ3v) is 5.37. The van der Waals surface area contributed by atoms with Gasteiger partial charge in [-0.05, 0) is 69.0 Å². The van der Waals surface area contributed by atoms with Crippen molar-refractivity contribution in [2.45, 2.75) is 39.2 Å². The van der Waals surface area contributed by atoms with Gasteiger partial charge < -0.3 is 25.4 Å². The summed E-state index contributed by atoms with van der Waals surface area (Å²) in [6, 6.07) is 9.48. The first-order valence-electron chi connectivity index (χ1n) is 9.64. The van der Waals surface area contributed by atoms with Crippen molar-refractivity contribution in [3.63, 3.8) is 0 Å². The van der Waals surface area contributed by atoms with Crippen LogP contribution in [0.5, 0.6) is 11.5 Å². The molecule has 0 spiro atoms. The molecule has 2 aromatic carbocycles. The first-order chi connectivity index (χ1) is 13.4. The van der Waals surface area contributed by atoms with E-state index < -0.39 is 0 Å². The second kappa shape index (κ2) is 8.42. The molecule has 1 aliphatic rings. The van der Waals surface area contributed by atoms with Crippen molar-refractivity contribution < 1.29 is 14.3 Å². The van der Waals surface area contributed by atoms with Gasteiger partial charge in [0, 0.05) is 23.8 Å². The molecule has 150 valence electrons. The molecule has 1 atom stereocenters. The number of anilines is 3. The van der Waals surface area contributed by atoms with Crippen LogP contribution < -0.4 is 25.4 Å². The minimum absolute atomic E-state index is 0.242. The smallest absolute Gasteiger partial charge is 0.255 e. The molecule has 1 aliphatic heterocycles. The molecular formula is C22H29N3O3. The number of hydrogen-bond acceptors (Lipinski definition) is 5. The molecule has 6 heteroatoms. The summed E-state index contributed by atoms with van der Waals surface area (Å²) in [6.07, 6.45) is 3.62. The highest BCUT2D eigenvalue weighted by Gasteiger charge is 2.21. The van der Waals surface area contributed by atoms with Gasteiger partial charge in [-0.3, -0.25) is 4.79 Å². The summed E-state index contributed by atoms with van der Waals surface area (Å²) < 4.78 is 10.5. The van der Waals surface area contributed by atoms with Crippen molar-refractivity contribution in [1.29, 1.82) is 0 Å². The van der Waals surface area contributed by atoms with Crippen molar-refractivity contribution in [2.75, 3.05) is 36.7 Å². The third kappa shape index (κ3) is 4.01. The Morgan fingerprint density at radius 3 is 2.57 bits per heavy atom. The van der Waals surface area contributed by atoms with Crippen molar-refractivity contribution in [3.8, 4) is 11.5 Å². The van der Waals surface area contributed by atoms with Gasteiger partial charge in [0.1, 0.15) is 0 Å². The predicted octanol–water partition coefficient (Wildman–Crippen LogP) is 4.23. The summed E-state index contributed by atoms with van der Waals surface area (Å²) >= 11 is 0. The van der Waals surface area contributed by atoms with E-state index in [1.165, 1.54) is 19.3 Å². The minimum Gasteiger partial charge on any atom is -0.493 e. The number of aryl methyl sites for hydroxylation is 1. The summed E-state index contributed by atoms with van der Waals surface area (Å²) in [5.41, 5.74) is 10.1. The first kappa shape index (κ1) is 19.9. The van der Waals surface area contributed by atoms with Crippen molar-refractivity contribution >= 4 is 23.0 Å². The predicted molar refractivity (Wildman–Crippen MR) is 114 cm³/mol. The Morgan fingerprint density at radius 1 is 1.14 bits per heavy atom. The van der Waals surface area contributed by atoms with Crippen LogP contribution in [0.1, 0.15) is 42.1 Å². The van der Waals surface area contributed by atoms with Crippen LogP contribution in [0.15, 0.2) is 30.3 Å². The van der Waals surface area contributed by atoms with Crippen LogP contribution >= 0.6 is 0 Å². The second-order valence-corrected chi connectivity index (χ2v) is 7.29. The number of carbonyl (C=O) groups excluding carboxylic acids is 1. The fraction of sp³-hybridized carbons (Fsp3) is 0.409. The van der Waals surface area contributed by atoms with Gasteiger partial charge in [-0.25, -0.2) is 0 Å². The highest BCUT2D eigenvalue weighted by molar-refractivity contribution is 6.06. The lowest BCUT2D eigenvalue weighted by Crippen LogP contribution is -2.37.